The smallest absolute Gasteiger partial charge is 0.0464 e. The molecule has 0 heterocycles. The zero-order valence-electron chi connectivity index (χ0n) is 33.3. The molecule has 0 unspecified atom stereocenters. The van der Waals surface area contributed by atoms with E-state index < -0.39 is 0 Å². The van der Waals surface area contributed by atoms with E-state index in [2.05, 4.69) is 157 Å². The van der Waals surface area contributed by atoms with E-state index >= 15 is 0 Å². The summed E-state index contributed by atoms with van der Waals surface area (Å²) in [4.78, 5) is 2.53. The van der Waals surface area contributed by atoms with Gasteiger partial charge in [-0.05, 0) is 204 Å². The molecule has 0 amide bonds. The molecule has 8 bridgehead atoms. The molecule has 8 aliphatic carbocycles. The molecule has 8 fully saturated rings. The third-order valence-electron chi connectivity index (χ3n) is 16.2. The van der Waals surface area contributed by atoms with E-state index in [-0.39, 0.29) is 0 Å². The van der Waals surface area contributed by atoms with Gasteiger partial charge in [0, 0.05) is 17.1 Å². The molecule has 6 aromatic carbocycles. The molecule has 0 aromatic heterocycles. The van der Waals surface area contributed by atoms with Gasteiger partial charge < -0.3 is 4.90 Å². The Morgan fingerprint density at radius 2 is 0.825 bits per heavy atom. The molecule has 6 aromatic rings. The predicted octanol–water partition coefficient (Wildman–Crippen LogP) is 15.2. The monoisotopic (exact) mass is 741 g/mol. The molecule has 57 heavy (non-hydrogen) atoms. The van der Waals surface area contributed by atoms with Crippen molar-refractivity contribution >= 4 is 17.1 Å². The summed E-state index contributed by atoms with van der Waals surface area (Å²) in [5.74, 6) is 7.04. The fraction of sp³-hybridized carbons (Fsp3) is 0.357. The van der Waals surface area contributed by atoms with E-state index in [4.69, 9.17) is 0 Å². The molecule has 0 aliphatic heterocycles. The fourth-order valence-electron chi connectivity index (χ4n) is 14.5. The zero-order chi connectivity index (χ0) is 37.5. The Balaban J connectivity index is 0.987. The molecular formula is C56H55N. The van der Waals surface area contributed by atoms with Gasteiger partial charge in [-0.25, -0.2) is 0 Å². The highest BCUT2D eigenvalue weighted by atomic mass is 15.1. The number of hydrogen-bond acceptors (Lipinski definition) is 1. The van der Waals surface area contributed by atoms with Gasteiger partial charge >= 0.3 is 0 Å². The minimum atomic E-state index is 0.405. The van der Waals surface area contributed by atoms with Gasteiger partial charge in [0.15, 0.2) is 0 Å². The van der Waals surface area contributed by atoms with Crippen LogP contribution < -0.4 is 4.90 Å². The number of rotatable bonds is 8. The second-order valence-electron chi connectivity index (χ2n) is 19.7. The predicted molar refractivity (Wildman–Crippen MR) is 237 cm³/mol. The van der Waals surface area contributed by atoms with Crippen molar-refractivity contribution in [1.29, 1.82) is 0 Å². The lowest BCUT2D eigenvalue weighted by Gasteiger charge is -2.57. The van der Waals surface area contributed by atoms with Crippen molar-refractivity contribution in [3.8, 4) is 33.4 Å². The van der Waals surface area contributed by atoms with Crippen LogP contribution in [0.1, 0.15) is 87.7 Å². The molecule has 0 saturated heterocycles. The summed E-state index contributed by atoms with van der Waals surface area (Å²) in [6, 6.07) is 57.9. The number of benzene rings is 6. The highest BCUT2D eigenvalue weighted by Gasteiger charge is 2.52. The zero-order valence-corrected chi connectivity index (χ0v) is 33.3. The van der Waals surface area contributed by atoms with Gasteiger partial charge in [-0.2, -0.15) is 0 Å². The third-order valence-corrected chi connectivity index (χ3v) is 16.2. The van der Waals surface area contributed by atoms with Gasteiger partial charge in [0.25, 0.3) is 0 Å². The number of anilines is 3. The number of nitrogens with zero attached hydrogens (tertiary/aromatic N) is 1. The van der Waals surface area contributed by atoms with Crippen LogP contribution in [-0.4, -0.2) is 0 Å². The molecule has 8 saturated carbocycles. The molecule has 0 spiro atoms. The Labute approximate surface area is 340 Å². The van der Waals surface area contributed by atoms with Crippen molar-refractivity contribution < 1.29 is 0 Å². The van der Waals surface area contributed by atoms with E-state index in [1.165, 1.54) is 121 Å². The second kappa shape index (κ2) is 13.6. The van der Waals surface area contributed by atoms with Gasteiger partial charge in [-0.15, -0.1) is 0 Å². The van der Waals surface area contributed by atoms with Crippen LogP contribution in [0, 0.1) is 41.4 Å². The molecule has 0 atom stereocenters. The van der Waals surface area contributed by atoms with Crippen LogP contribution in [0.5, 0.6) is 0 Å². The normalized spacial score (nSPS) is 30.5. The summed E-state index contributed by atoms with van der Waals surface area (Å²) in [5, 5.41) is 0. The average molecular weight is 742 g/mol. The van der Waals surface area contributed by atoms with E-state index in [0.29, 0.717) is 11.3 Å². The first-order chi connectivity index (χ1) is 28.1. The van der Waals surface area contributed by atoms with Crippen molar-refractivity contribution in [2.24, 2.45) is 41.4 Å². The van der Waals surface area contributed by atoms with Gasteiger partial charge in [0.2, 0.25) is 0 Å². The highest BCUT2D eigenvalue weighted by Crippen LogP contribution is 2.63. The standard InChI is InChI=1S/C56H55N/c1-3-8-42(9-4-1)44-14-18-50(19-15-44)57(51-20-16-45(17-21-51)43-10-5-2-6-11-43)52-22-23-53(54(33-52)55-47-28-37-24-38(30-47)31-48(55)29-37)46-12-7-13-49(32-46)56-34-39-25-40(35-56)27-41(26-39)36-56/h1-23,32-33,37-41,47-48,55H,24-31,34-36H2. The number of hydrogen-bond donors (Lipinski definition) is 0. The Bertz CT molecular complexity index is 2240. The largest absolute Gasteiger partial charge is 0.310 e. The van der Waals surface area contributed by atoms with E-state index in [9.17, 15) is 0 Å². The lowest BCUT2D eigenvalue weighted by atomic mass is 9.48. The van der Waals surface area contributed by atoms with Crippen molar-refractivity contribution in [1.82, 2.24) is 0 Å². The van der Waals surface area contributed by atoms with Crippen LogP contribution in [0.3, 0.4) is 0 Å². The van der Waals surface area contributed by atoms with Crippen LogP contribution in [0.15, 0.2) is 152 Å². The van der Waals surface area contributed by atoms with E-state index in [1.54, 1.807) is 11.1 Å². The first-order valence-corrected chi connectivity index (χ1v) is 22.5. The maximum Gasteiger partial charge on any atom is 0.0464 e. The van der Waals surface area contributed by atoms with E-state index in [0.717, 1.165) is 41.4 Å². The highest BCUT2D eigenvalue weighted by molar-refractivity contribution is 5.82. The third kappa shape index (κ3) is 6.02. The summed E-state index contributed by atoms with van der Waals surface area (Å²) >= 11 is 0. The van der Waals surface area contributed by atoms with E-state index in [1.807, 2.05) is 0 Å². The van der Waals surface area contributed by atoms with Gasteiger partial charge in [0.05, 0.1) is 0 Å². The van der Waals surface area contributed by atoms with Gasteiger partial charge in [-0.3, -0.25) is 0 Å². The van der Waals surface area contributed by atoms with Gasteiger partial charge in [-0.1, -0.05) is 115 Å². The van der Waals surface area contributed by atoms with Crippen molar-refractivity contribution in [2.45, 2.75) is 82.0 Å². The molecule has 1 nitrogen and oxygen atoms in total. The molecule has 0 radical (unpaired) electrons. The second-order valence-corrected chi connectivity index (χ2v) is 19.7. The van der Waals surface area contributed by atoms with Crippen LogP contribution >= 0.6 is 0 Å². The van der Waals surface area contributed by atoms with Crippen LogP contribution in [0.4, 0.5) is 17.1 Å². The van der Waals surface area contributed by atoms with Crippen LogP contribution in [0.2, 0.25) is 0 Å². The van der Waals surface area contributed by atoms with Gasteiger partial charge in [0.1, 0.15) is 0 Å². The Hall–Kier alpha value is -4.88. The maximum absolute atomic E-state index is 2.68. The Kier molecular flexibility index (Phi) is 8.17. The molecule has 14 rings (SSSR count). The summed E-state index contributed by atoms with van der Waals surface area (Å²) in [6.07, 6.45) is 16.0. The molecule has 0 N–H and O–H groups in total. The Morgan fingerprint density at radius 1 is 0.368 bits per heavy atom. The summed E-state index contributed by atoms with van der Waals surface area (Å²) in [6.45, 7) is 0. The lowest BCUT2D eigenvalue weighted by molar-refractivity contribution is -0.00519. The summed E-state index contributed by atoms with van der Waals surface area (Å²) < 4.78 is 0. The first kappa shape index (κ1) is 34.2. The van der Waals surface area contributed by atoms with Crippen molar-refractivity contribution in [3.05, 3.63) is 163 Å². The SMILES string of the molecule is c1ccc(-c2ccc(N(c3ccc(-c4ccccc4)cc3)c3ccc(-c4cccc(C56CC7CC(CC(C7)C5)C6)c4)c(C4C5CC6CC(C5)CC4C6)c3)cc2)cc1. The molecule has 8 aliphatic rings. The van der Waals surface area contributed by atoms with Crippen molar-refractivity contribution in [3.63, 3.8) is 0 Å². The topological polar surface area (TPSA) is 3.24 Å². The first-order valence-electron chi connectivity index (χ1n) is 22.5. The fourth-order valence-corrected chi connectivity index (χ4v) is 14.5. The lowest BCUT2D eigenvalue weighted by Crippen LogP contribution is -2.48. The average Bonchev–Trinajstić information content (AvgIpc) is 3.24. The Morgan fingerprint density at radius 3 is 1.35 bits per heavy atom. The maximum atomic E-state index is 2.68. The quantitative estimate of drug-likeness (QED) is 0.150. The van der Waals surface area contributed by atoms with Crippen LogP contribution in [0.25, 0.3) is 33.4 Å². The minimum Gasteiger partial charge on any atom is -0.310 e. The summed E-state index contributed by atoms with van der Waals surface area (Å²) in [7, 11) is 0. The molecule has 284 valence electrons. The summed E-state index contributed by atoms with van der Waals surface area (Å²) in [5.41, 5.74) is 15.3. The van der Waals surface area contributed by atoms with Crippen LogP contribution in [-0.2, 0) is 5.41 Å². The van der Waals surface area contributed by atoms with Crippen molar-refractivity contribution in [2.75, 3.05) is 4.90 Å². The molecule has 1 heteroatoms. The minimum absolute atomic E-state index is 0.405. The molecular weight excluding hydrogens is 687 g/mol.